The molecule has 0 aromatic rings. The zero-order chi connectivity index (χ0) is 6.69. The van der Waals surface area contributed by atoms with E-state index in [-0.39, 0.29) is 0 Å². The molecule has 1 aliphatic heterocycles. The van der Waals surface area contributed by atoms with Crippen molar-refractivity contribution in [2.45, 2.75) is 6.92 Å². The highest BCUT2D eigenvalue weighted by molar-refractivity contribution is 5.79. The first-order chi connectivity index (χ1) is 4.38. The van der Waals surface area contributed by atoms with Gasteiger partial charge in [-0.3, -0.25) is 10.8 Å². The molecule has 3 heteroatoms. The molecule has 0 aromatic heterocycles. The van der Waals surface area contributed by atoms with Crippen LogP contribution < -0.4 is 11.3 Å². The van der Waals surface area contributed by atoms with Gasteiger partial charge in [-0.2, -0.15) is 0 Å². The van der Waals surface area contributed by atoms with Gasteiger partial charge in [0.2, 0.25) is 0 Å². The van der Waals surface area contributed by atoms with E-state index in [1.165, 1.54) is 0 Å². The van der Waals surface area contributed by atoms with Crippen molar-refractivity contribution in [3.05, 3.63) is 23.5 Å². The fourth-order valence-electron chi connectivity index (χ4n) is 0.699. The van der Waals surface area contributed by atoms with Crippen LogP contribution in [0.15, 0.2) is 28.5 Å². The van der Waals surface area contributed by atoms with Gasteiger partial charge in [-0.1, -0.05) is 6.08 Å². The van der Waals surface area contributed by atoms with Gasteiger partial charge in [0.25, 0.3) is 0 Å². The van der Waals surface area contributed by atoms with Gasteiger partial charge in [0, 0.05) is 6.21 Å². The first kappa shape index (κ1) is 6.04. The Morgan fingerprint density at radius 1 is 1.78 bits per heavy atom. The number of allylic oxidation sites excluding steroid dienone is 2. The van der Waals surface area contributed by atoms with Gasteiger partial charge >= 0.3 is 0 Å². The number of hydrazine groups is 1. The van der Waals surface area contributed by atoms with E-state index in [1.54, 1.807) is 6.21 Å². The maximum absolute atomic E-state index is 5.16. The third-order valence-electron chi connectivity index (χ3n) is 1.16. The minimum atomic E-state index is 0.873. The van der Waals surface area contributed by atoms with Crippen LogP contribution in [-0.2, 0) is 0 Å². The van der Waals surface area contributed by atoms with E-state index in [0.29, 0.717) is 0 Å². The average Bonchev–Trinajstić information content (AvgIpc) is 2.33. The Bertz CT molecular complexity index is 188. The second-order valence-electron chi connectivity index (χ2n) is 1.68. The molecule has 3 N–H and O–H groups in total. The molecule has 0 fully saturated rings. The van der Waals surface area contributed by atoms with Gasteiger partial charge in [-0.05, 0) is 13.0 Å². The molecule has 0 radical (unpaired) electrons. The topological polar surface area (TPSA) is 50.4 Å². The van der Waals surface area contributed by atoms with Gasteiger partial charge in [0.1, 0.15) is 0 Å². The number of aliphatic imine (C=N–C) groups is 1. The molecule has 0 bridgehead atoms. The van der Waals surface area contributed by atoms with E-state index in [9.17, 15) is 0 Å². The minimum Gasteiger partial charge on any atom is -0.322 e. The minimum absolute atomic E-state index is 0.873. The maximum atomic E-state index is 5.16. The van der Waals surface area contributed by atoms with Crippen molar-refractivity contribution in [3.63, 3.8) is 0 Å². The molecule has 1 aliphatic rings. The lowest BCUT2D eigenvalue weighted by Crippen LogP contribution is -2.20. The van der Waals surface area contributed by atoms with E-state index in [0.717, 1.165) is 11.4 Å². The van der Waals surface area contributed by atoms with Crippen LogP contribution in [-0.4, -0.2) is 6.21 Å². The van der Waals surface area contributed by atoms with Crippen molar-refractivity contribution in [2.24, 2.45) is 10.8 Å². The summed E-state index contributed by atoms with van der Waals surface area (Å²) in [6, 6.07) is 0. The molecule has 0 saturated heterocycles. The van der Waals surface area contributed by atoms with Crippen molar-refractivity contribution < 1.29 is 0 Å². The number of nitrogens with one attached hydrogen (secondary N) is 1. The van der Waals surface area contributed by atoms with E-state index in [1.807, 2.05) is 19.1 Å². The Labute approximate surface area is 53.9 Å². The van der Waals surface area contributed by atoms with E-state index in [4.69, 9.17) is 5.84 Å². The largest absolute Gasteiger partial charge is 0.322 e. The predicted octanol–water partition coefficient (Wildman–Crippen LogP) is 0.322. The van der Waals surface area contributed by atoms with Crippen molar-refractivity contribution in [1.82, 2.24) is 5.43 Å². The number of hydrogen-bond donors (Lipinski definition) is 2. The molecular formula is C6H9N3. The van der Waals surface area contributed by atoms with Gasteiger partial charge in [-0.25, -0.2) is 0 Å². The Morgan fingerprint density at radius 2 is 2.56 bits per heavy atom. The molecule has 0 atom stereocenters. The van der Waals surface area contributed by atoms with Crippen molar-refractivity contribution in [2.75, 3.05) is 0 Å². The Hall–Kier alpha value is -1.09. The monoisotopic (exact) mass is 123 g/mol. The summed E-state index contributed by atoms with van der Waals surface area (Å²) in [7, 11) is 0. The molecule has 48 valence electrons. The first-order valence-corrected chi connectivity index (χ1v) is 2.76. The normalized spacial score (nSPS) is 20.7. The molecule has 0 unspecified atom stereocenters. The summed E-state index contributed by atoms with van der Waals surface area (Å²) in [5.74, 6) is 5.16. The zero-order valence-corrected chi connectivity index (χ0v) is 5.26. The molecule has 0 aliphatic carbocycles. The van der Waals surface area contributed by atoms with Crippen molar-refractivity contribution in [1.29, 1.82) is 0 Å². The Balaban J connectivity index is 2.78. The molecule has 3 nitrogen and oxygen atoms in total. The number of hydrogen-bond acceptors (Lipinski definition) is 3. The molecule has 0 amide bonds. The number of nitrogens with two attached hydrogens (primary N) is 1. The third kappa shape index (κ3) is 1.000. The van der Waals surface area contributed by atoms with Crippen LogP contribution in [0, 0.1) is 0 Å². The maximum Gasteiger partial charge on any atom is 0.0832 e. The molecule has 9 heavy (non-hydrogen) atoms. The fourth-order valence-corrected chi connectivity index (χ4v) is 0.699. The molecule has 0 aromatic carbocycles. The van der Waals surface area contributed by atoms with E-state index < -0.39 is 0 Å². The number of rotatable bonds is 1. The van der Waals surface area contributed by atoms with Crippen LogP contribution in [0.25, 0.3) is 0 Å². The van der Waals surface area contributed by atoms with Gasteiger partial charge < -0.3 is 5.43 Å². The quantitative estimate of drug-likeness (QED) is 0.389. The highest BCUT2D eigenvalue weighted by atomic mass is 15.2. The zero-order valence-electron chi connectivity index (χ0n) is 5.26. The summed E-state index contributed by atoms with van der Waals surface area (Å²) in [4.78, 5) is 4.01. The number of nitrogens with zero attached hydrogens (tertiary/aromatic N) is 1. The molecule has 0 saturated carbocycles. The van der Waals surface area contributed by atoms with Crippen LogP contribution in [0.1, 0.15) is 6.92 Å². The Kier molecular flexibility index (Phi) is 1.65. The second kappa shape index (κ2) is 2.46. The molecular weight excluding hydrogens is 114 g/mol. The SMILES string of the molecule is C/C=C1/N=CC=C1NN. The van der Waals surface area contributed by atoms with Crippen LogP contribution in [0.2, 0.25) is 0 Å². The molecule has 1 rings (SSSR count). The summed E-state index contributed by atoms with van der Waals surface area (Å²) in [6.45, 7) is 1.92. The smallest absolute Gasteiger partial charge is 0.0832 e. The highest BCUT2D eigenvalue weighted by Crippen LogP contribution is 2.10. The van der Waals surface area contributed by atoms with Crippen molar-refractivity contribution >= 4 is 6.21 Å². The fraction of sp³-hybridized carbons (Fsp3) is 0.167. The first-order valence-electron chi connectivity index (χ1n) is 2.76. The summed E-state index contributed by atoms with van der Waals surface area (Å²) >= 11 is 0. The van der Waals surface area contributed by atoms with Crippen LogP contribution in [0.3, 0.4) is 0 Å². The van der Waals surface area contributed by atoms with E-state index >= 15 is 0 Å². The Morgan fingerprint density at radius 3 is 3.00 bits per heavy atom. The summed E-state index contributed by atoms with van der Waals surface area (Å²) in [5, 5.41) is 0. The average molecular weight is 123 g/mol. The van der Waals surface area contributed by atoms with Crippen LogP contribution in [0.5, 0.6) is 0 Å². The third-order valence-corrected chi connectivity index (χ3v) is 1.16. The summed E-state index contributed by atoms with van der Waals surface area (Å²) < 4.78 is 0. The van der Waals surface area contributed by atoms with Gasteiger partial charge in [0.05, 0.1) is 11.4 Å². The molecule has 1 heterocycles. The molecule has 0 spiro atoms. The second-order valence-corrected chi connectivity index (χ2v) is 1.68. The standard InChI is InChI=1S/C6H9N3/c1-2-5-6(9-7)3-4-8-5/h2-4,9H,7H2,1H3/b5-2+. The summed E-state index contributed by atoms with van der Waals surface area (Å²) in [6.07, 6.45) is 5.44. The van der Waals surface area contributed by atoms with Gasteiger partial charge in [0.15, 0.2) is 0 Å². The lowest BCUT2D eigenvalue weighted by molar-refractivity contribution is 0.898. The highest BCUT2D eigenvalue weighted by Gasteiger charge is 2.02. The predicted molar refractivity (Wildman–Crippen MR) is 37.7 cm³/mol. The summed E-state index contributed by atoms with van der Waals surface area (Å²) in [5.41, 5.74) is 4.31. The lowest BCUT2D eigenvalue weighted by Gasteiger charge is -1.98. The van der Waals surface area contributed by atoms with Crippen molar-refractivity contribution in [3.8, 4) is 0 Å². The van der Waals surface area contributed by atoms with Gasteiger partial charge in [-0.15, -0.1) is 0 Å². The van der Waals surface area contributed by atoms with Crippen LogP contribution in [0.4, 0.5) is 0 Å². The van der Waals surface area contributed by atoms with Crippen LogP contribution >= 0.6 is 0 Å². The van der Waals surface area contributed by atoms with E-state index in [2.05, 4.69) is 10.4 Å². The lowest BCUT2D eigenvalue weighted by atomic mass is 10.3.